The maximum absolute atomic E-state index is 12.3. The molecule has 0 unspecified atom stereocenters. The summed E-state index contributed by atoms with van der Waals surface area (Å²) in [7, 11) is 1.71. The molecular weight excluding hydrogens is 254 g/mol. The van der Waals surface area contributed by atoms with E-state index in [-0.39, 0.29) is 12.5 Å². The summed E-state index contributed by atoms with van der Waals surface area (Å²) in [5.74, 6) is 6.19. The summed E-state index contributed by atoms with van der Waals surface area (Å²) < 4.78 is 5.22. The van der Waals surface area contributed by atoms with Gasteiger partial charge in [-0.3, -0.25) is 9.78 Å². The number of furan rings is 1. The minimum absolute atomic E-state index is 0.134. The monoisotopic (exact) mass is 269 g/mol. The Balaban J connectivity index is 2.12. The number of carbonyl (C=O) groups excluding carboxylic acids is 1. The van der Waals surface area contributed by atoms with E-state index in [1.165, 1.54) is 6.20 Å². The molecule has 0 aliphatic heterocycles. The van der Waals surface area contributed by atoms with Gasteiger partial charge in [0, 0.05) is 25.0 Å². The van der Waals surface area contributed by atoms with Crippen LogP contribution in [0.5, 0.6) is 0 Å². The molecule has 5 nitrogen and oxygen atoms in total. The van der Waals surface area contributed by atoms with Crippen molar-refractivity contribution in [3.63, 3.8) is 0 Å². The molecule has 0 aromatic carbocycles. The van der Waals surface area contributed by atoms with Crippen molar-refractivity contribution in [3.8, 4) is 11.8 Å². The van der Waals surface area contributed by atoms with Gasteiger partial charge in [-0.2, -0.15) is 0 Å². The Morgan fingerprint density at radius 3 is 3.05 bits per heavy atom. The predicted octanol–water partition coefficient (Wildman–Crippen LogP) is 1.26. The second-order valence-electron chi connectivity index (χ2n) is 4.21. The predicted molar refractivity (Wildman–Crippen MR) is 74.7 cm³/mol. The zero-order valence-electron chi connectivity index (χ0n) is 11.2. The highest BCUT2D eigenvalue weighted by molar-refractivity contribution is 5.94. The first kappa shape index (κ1) is 13.8. The van der Waals surface area contributed by atoms with Gasteiger partial charge in [-0.05, 0) is 18.2 Å². The maximum Gasteiger partial charge on any atom is 0.255 e. The number of pyridine rings is 1. The number of nitrogens with two attached hydrogens (primary N) is 1. The molecule has 0 saturated carbocycles. The van der Waals surface area contributed by atoms with E-state index in [2.05, 4.69) is 16.8 Å². The summed E-state index contributed by atoms with van der Waals surface area (Å²) in [6.07, 6.45) is 4.71. The smallest absolute Gasteiger partial charge is 0.255 e. The Morgan fingerprint density at radius 2 is 2.35 bits per heavy atom. The molecule has 0 aliphatic rings. The van der Waals surface area contributed by atoms with Gasteiger partial charge in [-0.15, -0.1) is 0 Å². The first-order valence-electron chi connectivity index (χ1n) is 6.12. The number of carbonyl (C=O) groups is 1. The number of amides is 1. The van der Waals surface area contributed by atoms with E-state index in [9.17, 15) is 4.79 Å². The maximum atomic E-state index is 12.3. The van der Waals surface area contributed by atoms with Crippen molar-refractivity contribution < 1.29 is 9.21 Å². The molecule has 2 aromatic heterocycles. The van der Waals surface area contributed by atoms with Gasteiger partial charge < -0.3 is 15.1 Å². The van der Waals surface area contributed by atoms with Gasteiger partial charge in [0.25, 0.3) is 5.91 Å². The first-order chi connectivity index (χ1) is 9.70. The van der Waals surface area contributed by atoms with Crippen molar-refractivity contribution in [2.24, 2.45) is 5.73 Å². The summed E-state index contributed by atoms with van der Waals surface area (Å²) in [6.45, 7) is 0.682. The lowest BCUT2D eigenvalue weighted by Gasteiger charge is -2.15. The molecule has 5 heteroatoms. The molecule has 2 heterocycles. The number of aromatic nitrogens is 1. The standard InChI is InChI=1S/C15H15N3O2/c1-18(11-14-5-3-7-20-14)15(19)13-8-12(4-2-6-16)9-17-10-13/h3,5,7-10H,6,11,16H2,1H3. The van der Waals surface area contributed by atoms with E-state index in [4.69, 9.17) is 10.2 Å². The fourth-order valence-corrected chi connectivity index (χ4v) is 1.71. The highest BCUT2D eigenvalue weighted by atomic mass is 16.3. The summed E-state index contributed by atoms with van der Waals surface area (Å²) in [4.78, 5) is 17.9. The Hall–Kier alpha value is -2.58. The second kappa shape index (κ2) is 6.55. The molecule has 0 bridgehead atoms. The molecule has 0 aliphatic carbocycles. The lowest BCUT2D eigenvalue weighted by Crippen LogP contribution is -2.26. The van der Waals surface area contributed by atoms with Gasteiger partial charge in [0.2, 0.25) is 0 Å². The Kier molecular flexibility index (Phi) is 4.53. The van der Waals surface area contributed by atoms with Crippen LogP contribution in [-0.2, 0) is 6.54 Å². The van der Waals surface area contributed by atoms with Gasteiger partial charge in [-0.25, -0.2) is 0 Å². The molecular formula is C15H15N3O2. The fraction of sp³-hybridized carbons (Fsp3) is 0.200. The summed E-state index contributed by atoms with van der Waals surface area (Å²) in [6, 6.07) is 5.32. The number of rotatable bonds is 3. The van der Waals surface area contributed by atoms with Gasteiger partial charge in [0.15, 0.2) is 0 Å². The highest BCUT2D eigenvalue weighted by Crippen LogP contribution is 2.09. The fourth-order valence-electron chi connectivity index (χ4n) is 1.71. The van der Waals surface area contributed by atoms with E-state index in [1.54, 1.807) is 36.5 Å². The molecule has 0 radical (unpaired) electrons. The van der Waals surface area contributed by atoms with Crippen molar-refractivity contribution >= 4 is 5.91 Å². The summed E-state index contributed by atoms with van der Waals surface area (Å²) in [5, 5.41) is 0. The van der Waals surface area contributed by atoms with Crippen LogP contribution in [0.25, 0.3) is 0 Å². The van der Waals surface area contributed by atoms with Crippen LogP contribution in [0.2, 0.25) is 0 Å². The van der Waals surface area contributed by atoms with Gasteiger partial charge >= 0.3 is 0 Å². The van der Waals surface area contributed by atoms with E-state index < -0.39 is 0 Å². The van der Waals surface area contributed by atoms with E-state index >= 15 is 0 Å². The molecule has 2 rings (SSSR count). The molecule has 2 aromatic rings. The molecule has 0 fully saturated rings. The molecule has 102 valence electrons. The van der Waals surface area contributed by atoms with Crippen LogP contribution in [0.3, 0.4) is 0 Å². The van der Waals surface area contributed by atoms with E-state index in [0.717, 1.165) is 5.76 Å². The average molecular weight is 269 g/mol. The largest absolute Gasteiger partial charge is 0.467 e. The van der Waals surface area contributed by atoms with Crippen LogP contribution in [0.4, 0.5) is 0 Å². The van der Waals surface area contributed by atoms with Crippen molar-refractivity contribution in [2.45, 2.75) is 6.54 Å². The van der Waals surface area contributed by atoms with Crippen molar-refractivity contribution in [3.05, 3.63) is 53.7 Å². The molecule has 1 amide bonds. The van der Waals surface area contributed by atoms with E-state index in [1.807, 2.05) is 6.07 Å². The topological polar surface area (TPSA) is 72.4 Å². The Morgan fingerprint density at radius 1 is 1.50 bits per heavy atom. The lowest BCUT2D eigenvalue weighted by molar-refractivity contribution is 0.0775. The van der Waals surface area contributed by atoms with Gasteiger partial charge in [0.05, 0.1) is 24.9 Å². The normalized spacial score (nSPS) is 9.70. The zero-order chi connectivity index (χ0) is 14.4. The summed E-state index contributed by atoms with van der Waals surface area (Å²) in [5.41, 5.74) is 6.48. The first-order valence-corrected chi connectivity index (χ1v) is 6.12. The average Bonchev–Trinajstić information content (AvgIpc) is 2.97. The SMILES string of the molecule is CN(Cc1ccco1)C(=O)c1cncc(C#CCN)c1. The number of hydrogen-bond donors (Lipinski definition) is 1. The second-order valence-corrected chi connectivity index (χ2v) is 4.21. The number of hydrogen-bond acceptors (Lipinski definition) is 4. The minimum Gasteiger partial charge on any atom is -0.467 e. The van der Waals surface area contributed by atoms with E-state index in [0.29, 0.717) is 17.7 Å². The third-order valence-corrected chi connectivity index (χ3v) is 2.64. The molecule has 0 spiro atoms. The third kappa shape index (κ3) is 3.46. The van der Waals surface area contributed by atoms with Crippen LogP contribution in [-0.4, -0.2) is 29.4 Å². The van der Waals surface area contributed by atoms with Crippen LogP contribution in [0.15, 0.2) is 41.3 Å². The quantitative estimate of drug-likeness (QED) is 0.851. The van der Waals surface area contributed by atoms with Crippen molar-refractivity contribution in [2.75, 3.05) is 13.6 Å². The molecule has 0 atom stereocenters. The van der Waals surface area contributed by atoms with Crippen LogP contribution >= 0.6 is 0 Å². The Bertz CT molecular complexity index is 639. The minimum atomic E-state index is -0.134. The molecule has 0 saturated heterocycles. The van der Waals surface area contributed by atoms with Gasteiger partial charge in [-0.1, -0.05) is 11.8 Å². The lowest BCUT2D eigenvalue weighted by atomic mass is 10.2. The van der Waals surface area contributed by atoms with Gasteiger partial charge in [0.1, 0.15) is 5.76 Å². The molecule has 20 heavy (non-hydrogen) atoms. The summed E-state index contributed by atoms with van der Waals surface area (Å²) >= 11 is 0. The molecule has 2 N–H and O–H groups in total. The van der Waals surface area contributed by atoms with Crippen LogP contribution < -0.4 is 5.73 Å². The van der Waals surface area contributed by atoms with Crippen LogP contribution in [0.1, 0.15) is 21.7 Å². The van der Waals surface area contributed by atoms with Crippen molar-refractivity contribution in [1.29, 1.82) is 0 Å². The highest BCUT2D eigenvalue weighted by Gasteiger charge is 2.13. The van der Waals surface area contributed by atoms with Crippen LogP contribution in [0, 0.1) is 11.8 Å². The number of nitrogens with zero attached hydrogens (tertiary/aromatic N) is 2. The zero-order valence-corrected chi connectivity index (χ0v) is 11.2. The van der Waals surface area contributed by atoms with Crippen molar-refractivity contribution in [1.82, 2.24) is 9.88 Å². The third-order valence-electron chi connectivity index (χ3n) is 2.64. The Labute approximate surface area is 117 Å².